The highest BCUT2D eigenvalue weighted by atomic mass is 16.2. The van der Waals surface area contributed by atoms with E-state index in [9.17, 15) is 24.0 Å². The van der Waals surface area contributed by atoms with Crippen LogP contribution in [0.2, 0.25) is 0 Å². The number of unbranched alkanes of at least 4 members (excludes halogenated alkanes) is 1. The third-order valence-electron chi connectivity index (χ3n) is 4.08. The van der Waals surface area contributed by atoms with Gasteiger partial charge in [0.1, 0.15) is 18.1 Å². The average Bonchev–Trinajstić information content (AvgIpc) is 2.64. The van der Waals surface area contributed by atoms with E-state index in [0.29, 0.717) is 25.8 Å². The van der Waals surface area contributed by atoms with E-state index in [4.69, 9.17) is 0 Å². The fourth-order valence-corrected chi connectivity index (χ4v) is 2.53. The monoisotopic (exact) mass is 425 g/mol. The number of nitrogens with one attached hydrogen (secondary N) is 5. The lowest BCUT2D eigenvalue weighted by molar-refractivity contribution is -0.133. The summed E-state index contributed by atoms with van der Waals surface area (Å²) in [7, 11) is 1.46. The molecule has 5 amide bonds. The van der Waals surface area contributed by atoms with Crippen LogP contribution >= 0.6 is 0 Å². The van der Waals surface area contributed by atoms with Crippen LogP contribution in [0.25, 0.3) is 0 Å². The van der Waals surface area contributed by atoms with E-state index in [-0.39, 0.29) is 17.7 Å². The number of hydrogen-bond acceptors (Lipinski definition) is 5. The van der Waals surface area contributed by atoms with E-state index >= 15 is 0 Å². The van der Waals surface area contributed by atoms with Gasteiger partial charge in [0.2, 0.25) is 29.5 Å². The predicted octanol–water partition coefficient (Wildman–Crippen LogP) is -0.501. The fourth-order valence-electron chi connectivity index (χ4n) is 2.53. The zero-order valence-electron chi connectivity index (χ0n) is 18.7. The van der Waals surface area contributed by atoms with Crippen molar-refractivity contribution in [1.82, 2.24) is 26.6 Å². The Morgan fingerprint density at radius 2 is 1.40 bits per heavy atom. The molecule has 0 spiro atoms. The number of likely N-dealkylation sites (N-methyl/N-ethyl adjacent to an activating group) is 1. The Labute approximate surface area is 178 Å². The van der Waals surface area contributed by atoms with Crippen LogP contribution < -0.4 is 26.6 Å². The molecule has 0 aliphatic heterocycles. The van der Waals surface area contributed by atoms with Crippen molar-refractivity contribution < 1.29 is 24.0 Å². The second-order valence-electron chi connectivity index (χ2n) is 7.34. The van der Waals surface area contributed by atoms with Crippen LogP contribution in [0.5, 0.6) is 0 Å². The topological polar surface area (TPSA) is 146 Å². The minimum atomic E-state index is -0.880. The highest BCUT2D eigenvalue weighted by Crippen LogP contribution is 2.03. The summed E-state index contributed by atoms with van der Waals surface area (Å²) in [4.78, 5) is 59.3. The van der Waals surface area contributed by atoms with Crippen molar-refractivity contribution in [3.8, 4) is 0 Å². The van der Waals surface area contributed by atoms with E-state index < -0.39 is 29.9 Å². The van der Waals surface area contributed by atoms with Gasteiger partial charge in [0, 0.05) is 26.6 Å². The lowest BCUT2D eigenvalue weighted by atomic mass is 10.1. The van der Waals surface area contributed by atoms with Gasteiger partial charge in [-0.15, -0.1) is 0 Å². The van der Waals surface area contributed by atoms with Crippen molar-refractivity contribution >= 4 is 29.5 Å². The van der Waals surface area contributed by atoms with E-state index in [1.807, 2.05) is 13.8 Å². The summed E-state index contributed by atoms with van der Waals surface area (Å²) in [6.07, 6.45) is 2.97. The van der Waals surface area contributed by atoms with Gasteiger partial charge in [-0.1, -0.05) is 5.57 Å². The third-order valence-corrected chi connectivity index (χ3v) is 4.08. The van der Waals surface area contributed by atoms with Gasteiger partial charge < -0.3 is 26.6 Å². The molecule has 0 fully saturated rings. The molecule has 5 N–H and O–H groups in total. The normalized spacial score (nSPS) is 13.1. The molecule has 10 heteroatoms. The smallest absolute Gasteiger partial charge is 0.243 e. The summed E-state index contributed by atoms with van der Waals surface area (Å²) in [6, 6.07) is -2.45. The number of rotatable bonds is 12. The predicted molar refractivity (Wildman–Crippen MR) is 113 cm³/mol. The third kappa shape index (κ3) is 11.8. The van der Waals surface area contributed by atoms with Crippen LogP contribution in [0.3, 0.4) is 0 Å². The minimum Gasteiger partial charge on any atom is -0.357 e. The number of carbonyl (C=O) groups excluding carboxylic acids is 5. The van der Waals surface area contributed by atoms with E-state index in [1.165, 1.54) is 33.9 Å². The maximum Gasteiger partial charge on any atom is 0.243 e. The van der Waals surface area contributed by atoms with Gasteiger partial charge in [0.25, 0.3) is 0 Å². The second-order valence-corrected chi connectivity index (χ2v) is 7.34. The zero-order valence-corrected chi connectivity index (χ0v) is 18.7. The molecule has 0 saturated carbocycles. The van der Waals surface area contributed by atoms with Crippen LogP contribution in [0, 0.1) is 0 Å². The Morgan fingerprint density at radius 1 is 0.800 bits per heavy atom. The SMILES string of the molecule is CNC(=O)[C@H](C)NC(=O)[C@H](CCCCNC(=O)C=C(C)C)NC(=O)[C@H](C)NC(C)=O. The lowest BCUT2D eigenvalue weighted by Crippen LogP contribution is -2.55. The van der Waals surface area contributed by atoms with Crippen molar-refractivity contribution in [2.24, 2.45) is 0 Å². The standard InChI is InChI=1S/C20H35N5O5/c1-12(2)11-17(27)22-10-8-7-9-16(20(30)24-13(3)18(28)21-6)25-19(29)14(4)23-15(5)26/h11,13-14,16H,7-10H2,1-6H3,(H,21,28)(H,22,27)(H,23,26)(H,24,30)(H,25,29)/t13-,14-,16-/m0/s1. The van der Waals surface area contributed by atoms with Crippen molar-refractivity contribution in [2.75, 3.05) is 13.6 Å². The molecule has 0 radical (unpaired) electrons. The van der Waals surface area contributed by atoms with E-state index in [0.717, 1.165) is 5.57 Å². The number of hydrogen-bond donors (Lipinski definition) is 5. The van der Waals surface area contributed by atoms with Gasteiger partial charge >= 0.3 is 0 Å². The summed E-state index contributed by atoms with van der Waals surface area (Å²) in [5.41, 5.74) is 0.894. The Balaban J connectivity index is 4.85. The number of allylic oxidation sites excluding steroid dienone is 1. The first-order chi connectivity index (χ1) is 14.0. The van der Waals surface area contributed by atoms with Gasteiger partial charge in [-0.3, -0.25) is 24.0 Å². The lowest BCUT2D eigenvalue weighted by Gasteiger charge is -2.22. The molecule has 0 rings (SSSR count). The Hall–Kier alpha value is -2.91. The second kappa shape index (κ2) is 14.1. The van der Waals surface area contributed by atoms with Crippen LogP contribution in [0.1, 0.15) is 53.9 Å². The summed E-state index contributed by atoms with van der Waals surface area (Å²) >= 11 is 0. The van der Waals surface area contributed by atoms with Crippen LogP contribution in [0.4, 0.5) is 0 Å². The quantitative estimate of drug-likeness (QED) is 0.211. The van der Waals surface area contributed by atoms with Crippen LogP contribution in [-0.2, 0) is 24.0 Å². The summed E-state index contributed by atoms with van der Waals surface area (Å²) < 4.78 is 0. The number of carbonyl (C=O) groups is 5. The number of amides is 5. The highest BCUT2D eigenvalue weighted by Gasteiger charge is 2.25. The van der Waals surface area contributed by atoms with Crippen LogP contribution in [0.15, 0.2) is 11.6 Å². The maximum atomic E-state index is 12.6. The molecule has 0 aromatic carbocycles. The molecule has 0 bridgehead atoms. The molecule has 0 saturated heterocycles. The van der Waals surface area contributed by atoms with Crippen molar-refractivity contribution in [2.45, 2.75) is 72.0 Å². The van der Waals surface area contributed by atoms with Gasteiger partial charge in [0.15, 0.2) is 0 Å². The minimum absolute atomic E-state index is 0.180. The van der Waals surface area contributed by atoms with E-state index in [2.05, 4.69) is 26.6 Å². The first-order valence-electron chi connectivity index (χ1n) is 10.00. The Morgan fingerprint density at radius 3 is 1.93 bits per heavy atom. The molecule has 3 atom stereocenters. The van der Waals surface area contributed by atoms with Crippen molar-refractivity contribution in [3.63, 3.8) is 0 Å². The van der Waals surface area contributed by atoms with Crippen LogP contribution in [-0.4, -0.2) is 61.3 Å². The first kappa shape index (κ1) is 27.1. The molecular weight excluding hydrogens is 390 g/mol. The highest BCUT2D eigenvalue weighted by molar-refractivity contribution is 5.93. The molecular formula is C20H35N5O5. The van der Waals surface area contributed by atoms with Gasteiger partial charge in [-0.25, -0.2) is 0 Å². The Kier molecular flexibility index (Phi) is 12.8. The summed E-state index contributed by atoms with van der Waals surface area (Å²) in [5, 5.41) is 12.8. The van der Waals surface area contributed by atoms with Crippen molar-refractivity contribution in [1.29, 1.82) is 0 Å². The molecule has 0 aliphatic rings. The van der Waals surface area contributed by atoms with Gasteiger partial charge in [-0.05, 0) is 47.0 Å². The summed E-state index contributed by atoms with van der Waals surface area (Å²) in [5.74, 6) is -1.90. The fraction of sp³-hybridized carbons (Fsp3) is 0.650. The largest absolute Gasteiger partial charge is 0.357 e. The first-order valence-corrected chi connectivity index (χ1v) is 10.00. The molecule has 0 aliphatic carbocycles. The summed E-state index contributed by atoms with van der Waals surface area (Å²) in [6.45, 7) is 8.43. The average molecular weight is 426 g/mol. The maximum absolute atomic E-state index is 12.6. The van der Waals surface area contributed by atoms with Gasteiger partial charge in [0.05, 0.1) is 0 Å². The molecule has 0 heterocycles. The van der Waals surface area contributed by atoms with Gasteiger partial charge in [-0.2, -0.15) is 0 Å². The molecule has 170 valence electrons. The van der Waals surface area contributed by atoms with Crippen molar-refractivity contribution in [3.05, 3.63) is 11.6 Å². The molecule has 0 unspecified atom stereocenters. The molecule has 10 nitrogen and oxygen atoms in total. The molecule has 0 aromatic heterocycles. The van der Waals surface area contributed by atoms with E-state index in [1.54, 1.807) is 0 Å². The Bertz CT molecular complexity index is 658. The molecule has 30 heavy (non-hydrogen) atoms. The zero-order chi connectivity index (χ0) is 23.3. The molecule has 0 aromatic rings.